The number of rotatable bonds is 9. The average Bonchev–Trinajstić information content (AvgIpc) is 3.87. The maximum absolute atomic E-state index is 14.1. The van der Waals surface area contributed by atoms with Crippen LogP contribution in [0.5, 0.6) is 5.75 Å². The van der Waals surface area contributed by atoms with Crippen LogP contribution in [0.15, 0.2) is 36.8 Å². The quantitative estimate of drug-likeness (QED) is 0.138. The number of carbonyl (C=O) groups is 1. The van der Waals surface area contributed by atoms with Crippen molar-refractivity contribution in [2.75, 3.05) is 75.3 Å². The lowest BCUT2D eigenvalue weighted by Gasteiger charge is -2.54. The zero-order chi connectivity index (χ0) is 38.3. The van der Waals surface area contributed by atoms with Gasteiger partial charge in [-0.2, -0.15) is 23.3 Å². The second-order valence-electron chi connectivity index (χ2n) is 16.9. The van der Waals surface area contributed by atoms with Gasteiger partial charge in [-0.3, -0.25) is 9.89 Å². The summed E-state index contributed by atoms with van der Waals surface area (Å²) in [6.07, 6.45) is 3.86. The van der Waals surface area contributed by atoms with Crippen LogP contribution in [0.25, 0.3) is 32.9 Å². The number of ether oxygens (including phenoxy) is 1. The second kappa shape index (κ2) is 13.3. The molecule has 14 heteroatoms. The number of alkyl halides is 3. The van der Waals surface area contributed by atoms with E-state index in [2.05, 4.69) is 44.5 Å². The van der Waals surface area contributed by atoms with Gasteiger partial charge in [-0.05, 0) is 106 Å². The third kappa shape index (κ3) is 6.57. The molecule has 4 saturated heterocycles. The lowest BCUT2D eigenvalue weighted by atomic mass is 9.72. The van der Waals surface area contributed by atoms with Crippen LogP contribution in [0, 0.1) is 17.8 Å². The number of H-pyrrole nitrogens is 1. The normalized spacial score (nSPS) is 21.0. The molecule has 1 N–H and O–H groups in total. The molecule has 2 aromatic carbocycles. The van der Waals surface area contributed by atoms with Gasteiger partial charge in [0.15, 0.2) is 18.2 Å². The van der Waals surface area contributed by atoms with Gasteiger partial charge < -0.3 is 24.3 Å². The predicted octanol–water partition coefficient (Wildman–Crippen LogP) is 7.52. The fourth-order valence-corrected chi connectivity index (χ4v) is 9.71. The molecule has 2 spiro atoms. The van der Waals surface area contributed by atoms with Crippen molar-refractivity contribution in [1.82, 2.24) is 30.0 Å². The molecule has 0 unspecified atom stereocenters. The summed E-state index contributed by atoms with van der Waals surface area (Å²) >= 11 is 0. The number of halogens is 4. The van der Waals surface area contributed by atoms with Crippen molar-refractivity contribution in [2.45, 2.75) is 70.9 Å². The first-order valence-corrected chi connectivity index (χ1v) is 19.7. The van der Waals surface area contributed by atoms with Gasteiger partial charge in [-0.15, -0.1) is 0 Å². The minimum Gasteiger partial charge on any atom is -0.481 e. The predicted molar refractivity (Wildman–Crippen MR) is 204 cm³/mol. The fraction of sp³-hybridized carbons (Fsp3) is 0.561. The van der Waals surface area contributed by atoms with Gasteiger partial charge in [0.2, 0.25) is 5.95 Å². The third-order valence-electron chi connectivity index (χ3n) is 12.9. The van der Waals surface area contributed by atoms with Crippen LogP contribution < -0.4 is 14.5 Å². The summed E-state index contributed by atoms with van der Waals surface area (Å²) in [4.78, 5) is 31.1. The maximum Gasteiger partial charge on any atom is 0.422 e. The summed E-state index contributed by atoms with van der Waals surface area (Å²) < 4.78 is 62.0. The molecule has 0 atom stereocenters. The Kier molecular flexibility index (Phi) is 8.78. The van der Waals surface area contributed by atoms with Crippen molar-refractivity contribution in [2.24, 2.45) is 10.8 Å². The van der Waals surface area contributed by atoms with Crippen molar-refractivity contribution in [1.29, 1.82) is 0 Å². The highest BCUT2D eigenvalue weighted by molar-refractivity contribution is 6.06. The molecular formula is C41H48F4N8O2. The van der Waals surface area contributed by atoms with Crippen molar-refractivity contribution < 1.29 is 27.1 Å². The second-order valence-corrected chi connectivity index (χ2v) is 16.9. The number of nitrogens with zero attached hydrogens (tertiary/aromatic N) is 7. The van der Waals surface area contributed by atoms with Crippen LogP contribution in [0.1, 0.15) is 68.9 Å². The lowest BCUT2D eigenvalue weighted by molar-refractivity contribution is -0.153. The molecule has 292 valence electrons. The number of aryl methyl sites for hydroxylation is 1. The summed E-state index contributed by atoms with van der Waals surface area (Å²) in [7, 11) is 0. The topological polar surface area (TPSA) is 93.7 Å². The molecule has 5 fully saturated rings. The van der Waals surface area contributed by atoms with Gasteiger partial charge in [0.1, 0.15) is 11.3 Å². The number of aromatic amines is 1. The van der Waals surface area contributed by atoms with Crippen LogP contribution in [-0.2, 0) is 4.79 Å². The molecular weight excluding hydrogens is 712 g/mol. The van der Waals surface area contributed by atoms with Gasteiger partial charge in [0, 0.05) is 66.4 Å². The summed E-state index contributed by atoms with van der Waals surface area (Å²) in [6, 6.07) is 6.02. The van der Waals surface area contributed by atoms with Gasteiger partial charge in [-0.25, -0.2) is 9.37 Å². The Hall–Kier alpha value is -4.46. The SMILES string of the molecule is C=C(F)C(=O)N1CC2(CCN(c3nc(N4CC5(CCN(CCC)CC5)C4)nc4c(OCC(F)(F)F)c(-c5c(C)ccc6[nH]ncc56)c(C5CC5)cc34)CC2)C1. The van der Waals surface area contributed by atoms with Crippen LogP contribution in [0.2, 0.25) is 0 Å². The molecule has 4 aromatic rings. The largest absolute Gasteiger partial charge is 0.481 e. The highest BCUT2D eigenvalue weighted by Gasteiger charge is 2.49. The number of anilines is 2. The number of piperidine rings is 2. The third-order valence-corrected chi connectivity index (χ3v) is 12.9. The molecule has 1 aliphatic carbocycles. The summed E-state index contributed by atoms with van der Waals surface area (Å²) in [5, 5.41) is 8.83. The molecule has 55 heavy (non-hydrogen) atoms. The van der Waals surface area contributed by atoms with Gasteiger partial charge in [0.05, 0.1) is 11.7 Å². The first-order chi connectivity index (χ1) is 26.3. The van der Waals surface area contributed by atoms with E-state index in [1.807, 2.05) is 19.1 Å². The molecule has 10 nitrogen and oxygen atoms in total. The molecule has 0 bridgehead atoms. The fourth-order valence-electron chi connectivity index (χ4n) is 9.71. The van der Waals surface area contributed by atoms with Crippen LogP contribution >= 0.6 is 0 Å². The van der Waals surface area contributed by atoms with E-state index in [0.29, 0.717) is 54.4 Å². The summed E-state index contributed by atoms with van der Waals surface area (Å²) in [6.45, 7) is 13.0. The Morgan fingerprint density at radius 1 is 0.964 bits per heavy atom. The molecule has 6 heterocycles. The smallest absolute Gasteiger partial charge is 0.422 e. The number of hydrogen-bond acceptors (Lipinski definition) is 8. The van der Waals surface area contributed by atoms with E-state index in [0.717, 1.165) is 105 Å². The number of benzene rings is 2. The number of aromatic nitrogens is 4. The minimum absolute atomic E-state index is 0.113. The highest BCUT2D eigenvalue weighted by atomic mass is 19.4. The van der Waals surface area contributed by atoms with E-state index in [9.17, 15) is 22.4 Å². The molecule has 9 rings (SSSR count). The van der Waals surface area contributed by atoms with Crippen molar-refractivity contribution in [3.63, 3.8) is 0 Å². The molecule has 1 amide bonds. The lowest BCUT2D eigenvalue weighted by Crippen LogP contribution is -2.62. The Bertz CT molecular complexity index is 2150. The zero-order valence-corrected chi connectivity index (χ0v) is 31.6. The standard InChI is InChI=1S/C41H48F4N8O2/c1-4-13-50-14-9-39(10-15-50)22-53(23-39)38-47-34-29(36(48-38)51-16-11-40(12-17-51)20-52(21-40)37(54)26(3)42)18-28(27-6-7-27)33(35(34)55-24-41(43,44)45)32-25(2)5-8-31-30(32)19-46-49-31/h5,8,18-19,27H,3-4,6-7,9-17,20-24H2,1-2H3,(H,46,49). The van der Waals surface area contributed by atoms with Gasteiger partial charge in [0.25, 0.3) is 5.91 Å². The van der Waals surface area contributed by atoms with Gasteiger partial charge >= 0.3 is 6.18 Å². The molecule has 0 radical (unpaired) electrons. The number of likely N-dealkylation sites (tertiary alicyclic amines) is 2. The highest BCUT2D eigenvalue weighted by Crippen LogP contribution is 2.54. The molecule has 1 saturated carbocycles. The van der Waals surface area contributed by atoms with E-state index < -0.39 is 24.5 Å². The Morgan fingerprint density at radius 2 is 1.65 bits per heavy atom. The van der Waals surface area contributed by atoms with Crippen molar-refractivity contribution >= 4 is 39.5 Å². The van der Waals surface area contributed by atoms with E-state index in [4.69, 9.17) is 14.7 Å². The average molecular weight is 761 g/mol. The van der Waals surface area contributed by atoms with E-state index in [-0.39, 0.29) is 22.5 Å². The number of amides is 1. The maximum atomic E-state index is 14.1. The van der Waals surface area contributed by atoms with Crippen LogP contribution in [0.4, 0.5) is 29.3 Å². The van der Waals surface area contributed by atoms with Gasteiger partial charge in [-0.1, -0.05) is 19.6 Å². The molecule has 2 aromatic heterocycles. The molecule has 4 aliphatic heterocycles. The summed E-state index contributed by atoms with van der Waals surface area (Å²) in [5.41, 5.74) is 4.52. The van der Waals surface area contributed by atoms with E-state index in [1.165, 1.54) is 4.90 Å². The first kappa shape index (κ1) is 36.2. The Morgan fingerprint density at radius 3 is 2.31 bits per heavy atom. The van der Waals surface area contributed by atoms with Crippen molar-refractivity contribution in [3.05, 3.63) is 47.9 Å². The zero-order valence-electron chi connectivity index (χ0n) is 31.6. The van der Waals surface area contributed by atoms with Crippen LogP contribution in [0.3, 0.4) is 0 Å². The van der Waals surface area contributed by atoms with Crippen LogP contribution in [-0.4, -0.2) is 108 Å². The Balaban J connectivity index is 1.16. The molecule has 5 aliphatic rings. The minimum atomic E-state index is -4.57. The number of carbonyl (C=O) groups excluding carboxylic acids is 1. The monoisotopic (exact) mass is 760 g/mol. The summed E-state index contributed by atoms with van der Waals surface area (Å²) in [5.74, 6) is -0.106. The van der Waals surface area contributed by atoms with E-state index >= 15 is 0 Å². The Labute approximate surface area is 317 Å². The van der Waals surface area contributed by atoms with Crippen molar-refractivity contribution in [3.8, 4) is 16.9 Å². The number of nitrogens with one attached hydrogen (secondary N) is 1. The first-order valence-electron chi connectivity index (χ1n) is 19.7. The van der Waals surface area contributed by atoms with E-state index in [1.54, 1.807) is 6.20 Å². The number of fused-ring (bicyclic) bond motifs is 2. The number of hydrogen-bond donors (Lipinski definition) is 1.